The highest BCUT2D eigenvalue weighted by atomic mass is 32.2. The van der Waals surface area contributed by atoms with Crippen LogP contribution in [0.2, 0.25) is 0 Å². The van der Waals surface area contributed by atoms with Gasteiger partial charge in [0.15, 0.2) is 5.82 Å². The summed E-state index contributed by atoms with van der Waals surface area (Å²) in [6, 6.07) is 13.7. The highest BCUT2D eigenvalue weighted by Crippen LogP contribution is 2.42. The molecule has 5 aromatic rings. The largest absolute Gasteiger partial charge is 0.411 e. The molecule has 0 saturated carbocycles. The molecule has 0 saturated heterocycles. The van der Waals surface area contributed by atoms with Gasteiger partial charge in [-0.1, -0.05) is 18.2 Å². The maximum absolute atomic E-state index is 5.96. The summed E-state index contributed by atoms with van der Waals surface area (Å²) in [5.41, 5.74) is 3.18. The molecule has 0 radical (unpaired) electrons. The average Bonchev–Trinajstić information content (AvgIpc) is 3.45. The first kappa shape index (κ1) is 18.7. The molecule has 4 heterocycles. The molecule has 152 valence electrons. The lowest BCUT2D eigenvalue weighted by molar-refractivity contribution is 0.465. The smallest absolute Gasteiger partial charge is 0.283 e. The standard InChI is InChI=1S/C23H17N5OS2/c1-2-7-14(8-3-1)20-27-28-23(29-20)31-22-18-16-10-4-5-11-17(16)30-21(18)25-19(26-22)15-9-6-12-24-13-15/h1-3,6-9,12-13H,4-5,10-11H2. The van der Waals surface area contributed by atoms with Gasteiger partial charge < -0.3 is 4.42 Å². The lowest BCUT2D eigenvalue weighted by Gasteiger charge is -2.11. The van der Waals surface area contributed by atoms with Crippen molar-refractivity contribution in [3.05, 3.63) is 65.3 Å². The van der Waals surface area contributed by atoms with Crippen LogP contribution in [0.15, 0.2) is 69.5 Å². The number of thiophene rings is 1. The van der Waals surface area contributed by atoms with Crippen LogP contribution in [0.3, 0.4) is 0 Å². The van der Waals surface area contributed by atoms with Crippen molar-refractivity contribution >= 4 is 33.3 Å². The highest BCUT2D eigenvalue weighted by molar-refractivity contribution is 7.99. The maximum atomic E-state index is 5.96. The number of aromatic nitrogens is 5. The quantitative estimate of drug-likeness (QED) is 0.323. The van der Waals surface area contributed by atoms with Gasteiger partial charge in [0.25, 0.3) is 5.22 Å². The van der Waals surface area contributed by atoms with Gasteiger partial charge >= 0.3 is 0 Å². The molecule has 8 heteroatoms. The van der Waals surface area contributed by atoms with Crippen LogP contribution in [0.4, 0.5) is 0 Å². The van der Waals surface area contributed by atoms with E-state index in [1.165, 1.54) is 35.0 Å². The number of fused-ring (bicyclic) bond motifs is 3. The molecule has 0 bridgehead atoms. The summed E-state index contributed by atoms with van der Waals surface area (Å²) in [7, 11) is 0. The van der Waals surface area contributed by atoms with Gasteiger partial charge in [-0.25, -0.2) is 9.97 Å². The molecular weight excluding hydrogens is 426 g/mol. The molecule has 0 unspecified atom stereocenters. The molecule has 0 fully saturated rings. The van der Waals surface area contributed by atoms with Crippen LogP contribution in [-0.4, -0.2) is 25.1 Å². The molecule has 0 atom stereocenters. The third kappa shape index (κ3) is 3.51. The van der Waals surface area contributed by atoms with E-state index >= 15 is 0 Å². The van der Waals surface area contributed by atoms with E-state index in [0.29, 0.717) is 16.9 Å². The summed E-state index contributed by atoms with van der Waals surface area (Å²) >= 11 is 3.20. The zero-order valence-corrected chi connectivity index (χ0v) is 18.1. The predicted octanol–water partition coefficient (Wildman–Crippen LogP) is 5.83. The van der Waals surface area contributed by atoms with E-state index in [-0.39, 0.29) is 0 Å². The molecule has 1 aromatic carbocycles. The number of benzene rings is 1. The van der Waals surface area contributed by atoms with Crippen LogP contribution in [0.5, 0.6) is 0 Å². The number of pyridine rings is 1. The molecule has 0 amide bonds. The van der Waals surface area contributed by atoms with Gasteiger partial charge in [-0.2, -0.15) is 0 Å². The van der Waals surface area contributed by atoms with Crippen molar-refractivity contribution in [3.63, 3.8) is 0 Å². The number of hydrogen-bond donors (Lipinski definition) is 0. The minimum absolute atomic E-state index is 0.478. The number of rotatable bonds is 4. The fourth-order valence-corrected chi connectivity index (χ4v) is 6.00. The Balaban J connectivity index is 1.46. The molecule has 4 aromatic heterocycles. The van der Waals surface area contributed by atoms with Gasteiger partial charge in [0.1, 0.15) is 9.86 Å². The third-order valence-electron chi connectivity index (χ3n) is 5.31. The maximum Gasteiger partial charge on any atom is 0.283 e. The van der Waals surface area contributed by atoms with Crippen molar-refractivity contribution in [3.8, 4) is 22.8 Å². The van der Waals surface area contributed by atoms with Crippen LogP contribution in [0.1, 0.15) is 23.3 Å². The second-order valence-corrected chi connectivity index (χ2v) is 9.35. The Labute approximate surface area is 186 Å². The van der Waals surface area contributed by atoms with Gasteiger partial charge in [0.05, 0.1) is 0 Å². The first-order chi connectivity index (χ1) is 15.3. The Morgan fingerprint density at radius 1 is 0.903 bits per heavy atom. The predicted molar refractivity (Wildman–Crippen MR) is 121 cm³/mol. The second kappa shape index (κ2) is 7.86. The fourth-order valence-electron chi connectivity index (χ4n) is 3.85. The SMILES string of the molecule is c1ccc(-c2nnc(Sc3nc(-c4cccnc4)nc4sc5c(c34)CCCC5)o2)cc1. The number of hydrogen-bond acceptors (Lipinski definition) is 8. The molecule has 6 rings (SSSR count). The zero-order chi connectivity index (χ0) is 20.6. The fraction of sp³-hybridized carbons (Fsp3) is 0.174. The van der Waals surface area contributed by atoms with Crippen molar-refractivity contribution in [2.45, 2.75) is 35.9 Å². The molecule has 1 aliphatic carbocycles. The molecule has 0 spiro atoms. The normalized spacial score (nSPS) is 13.4. The minimum Gasteiger partial charge on any atom is -0.411 e. The van der Waals surface area contributed by atoms with Gasteiger partial charge in [0, 0.05) is 33.8 Å². The minimum atomic E-state index is 0.478. The first-order valence-corrected chi connectivity index (χ1v) is 11.8. The molecule has 31 heavy (non-hydrogen) atoms. The highest BCUT2D eigenvalue weighted by Gasteiger charge is 2.23. The summed E-state index contributed by atoms with van der Waals surface area (Å²) in [5.74, 6) is 1.18. The Hall–Kier alpha value is -3.10. The Kier molecular flexibility index (Phi) is 4.73. The summed E-state index contributed by atoms with van der Waals surface area (Å²) < 4.78 is 5.96. The molecule has 1 aliphatic rings. The molecular formula is C23H17N5OS2. The third-order valence-corrected chi connectivity index (χ3v) is 7.33. The summed E-state index contributed by atoms with van der Waals surface area (Å²) in [6.07, 6.45) is 8.16. The molecule has 6 nitrogen and oxygen atoms in total. The summed E-state index contributed by atoms with van der Waals surface area (Å²) in [5, 5.41) is 11.0. The van der Waals surface area contributed by atoms with Crippen LogP contribution in [0.25, 0.3) is 33.1 Å². The Morgan fingerprint density at radius 3 is 2.65 bits per heavy atom. The average molecular weight is 444 g/mol. The van der Waals surface area contributed by atoms with Crippen molar-refractivity contribution < 1.29 is 4.42 Å². The lowest BCUT2D eigenvalue weighted by atomic mass is 9.97. The van der Waals surface area contributed by atoms with E-state index in [9.17, 15) is 0 Å². The van der Waals surface area contributed by atoms with Crippen molar-refractivity contribution in [2.75, 3.05) is 0 Å². The van der Waals surface area contributed by atoms with E-state index in [1.54, 1.807) is 23.7 Å². The zero-order valence-electron chi connectivity index (χ0n) is 16.5. The van der Waals surface area contributed by atoms with E-state index in [4.69, 9.17) is 14.4 Å². The van der Waals surface area contributed by atoms with E-state index in [2.05, 4.69) is 15.2 Å². The van der Waals surface area contributed by atoms with Gasteiger partial charge in [-0.15, -0.1) is 21.5 Å². The van der Waals surface area contributed by atoms with Gasteiger partial charge in [-0.05, 0) is 67.3 Å². The first-order valence-electron chi connectivity index (χ1n) is 10.1. The second-order valence-electron chi connectivity index (χ2n) is 7.33. The van der Waals surface area contributed by atoms with Crippen LogP contribution >= 0.6 is 23.1 Å². The summed E-state index contributed by atoms with van der Waals surface area (Å²) in [4.78, 5) is 16.5. The topological polar surface area (TPSA) is 77.6 Å². The summed E-state index contributed by atoms with van der Waals surface area (Å²) in [6.45, 7) is 0. The van der Waals surface area contributed by atoms with Crippen LogP contribution in [0, 0.1) is 0 Å². The monoisotopic (exact) mass is 443 g/mol. The van der Waals surface area contributed by atoms with E-state index in [1.807, 2.05) is 42.5 Å². The van der Waals surface area contributed by atoms with Crippen molar-refractivity contribution in [1.29, 1.82) is 0 Å². The Morgan fingerprint density at radius 2 is 1.77 bits per heavy atom. The van der Waals surface area contributed by atoms with Crippen LogP contribution in [-0.2, 0) is 12.8 Å². The van der Waals surface area contributed by atoms with Crippen molar-refractivity contribution in [2.24, 2.45) is 0 Å². The van der Waals surface area contributed by atoms with Crippen LogP contribution < -0.4 is 0 Å². The van der Waals surface area contributed by atoms with E-state index < -0.39 is 0 Å². The van der Waals surface area contributed by atoms with Crippen molar-refractivity contribution in [1.82, 2.24) is 25.1 Å². The molecule has 0 aliphatic heterocycles. The molecule has 0 N–H and O–H groups in total. The number of aryl methyl sites for hydroxylation is 2. The number of nitrogens with zero attached hydrogens (tertiary/aromatic N) is 5. The van der Waals surface area contributed by atoms with E-state index in [0.717, 1.165) is 39.2 Å². The Bertz CT molecular complexity index is 1370. The van der Waals surface area contributed by atoms with Gasteiger partial charge in [0.2, 0.25) is 5.89 Å². The lowest BCUT2D eigenvalue weighted by Crippen LogP contribution is -1.99. The van der Waals surface area contributed by atoms with Gasteiger partial charge in [-0.3, -0.25) is 4.98 Å².